The summed E-state index contributed by atoms with van der Waals surface area (Å²) in [4.78, 5) is 11.4. The second kappa shape index (κ2) is 7.50. The number of hydrogen-bond acceptors (Lipinski definition) is 4. The minimum atomic E-state index is -0.463. The van der Waals surface area contributed by atoms with Crippen molar-refractivity contribution in [3.63, 3.8) is 0 Å². The molecule has 0 aromatic heterocycles. The number of hydrogen-bond donors (Lipinski definition) is 1. The van der Waals surface area contributed by atoms with Gasteiger partial charge in [0.1, 0.15) is 5.60 Å². The molecular formula is C12H25NO4. The Morgan fingerprint density at radius 1 is 1.24 bits per heavy atom. The van der Waals surface area contributed by atoms with Gasteiger partial charge in [-0.15, -0.1) is 0 Å². The van der Waals surface area contributed by atoms with Crippen LogP contribution in [-0.4, -0.2) is 38.7 Å². The smallest absolute Gasteiger partial charge is 0.407 e. The van der Waals surface area contributed by atoms with Gasteiger partial charge in [0.05, 0.1) is 0 Å². The average molecular weight is 247 g/mol. The molecule has 0 saturated heterocycles. The maximum Gasteiger partial charge on any atom is 0.407 e. The van der Waals surface area contributed by atoms with E-state index in [1.54, 1.807) is 14.2 Å². The maximum absolute atomic E-state index is 11.4. The first-order valence-electron chi connectivity index (χ1n) is 5.81. The predicted octanol–water partition coefficient (Wildman–Crippen LogP) is 2.16. The number of nitrogens with one attached hydrogen (secondary N) is 1. The van der Waals surface area contributed by atoms with Crippen molar-refractivity contribution in [3.8, 4) is 0 Å². The third-order valence-corrected chi connectivity index (χ3v) is 2.11. The van der Waals surface area contributed by atoms with Gasteiger partial charge in [-0.1, -0.05) is 6.92 Å². The monoisotopic (exact) mass is 247 g/mol. The van der Waals surface area contributed by atoms with Crippen LogP contribution in [0.2, 0.25) is 0 Å². The van der Waals surface area contributed by atoms with Crippen molar-refractivity contribution in [3.05, 3.63) is 0 Å². The lowest BCUT2D eigenvalue weighted by molar-refractivity contribution is -0.112. The molecule has 0 bridgehead atoms. The van der Waals surface area contributed by atoms with Crippen LogP contribution in [0.3, 0.4) is 0 Å². The van der Waals surface area contributed by atoms with Gasteiger partial charge in [-0.25, -0.2) is 4.79 Å². The predicted molar refractivity (Wildman–Crippen MR) is 65.8 cm³/mol. The molecule has 0 aliphatic heterocycles. The van der Waals surface area contributed by atoms with Gasteiger partial charge in [-0.05, 0) is 26.7 Å². The summed E-state index contributed by atoms with van der Waals surface area (Å²) < 4.78 is 15.3. The van der Waals surface area contributed by atoms with Gasteiger partial charge in [0.2, 0.25) is 0 Å². The lowest BCUT2D eigenvalue weighted by Gasteiger charge is -2.22. The number of rotatable bonds is 6. The fraction of sp³-hybridized carbons (Fsp3) is 0.917. The van der Waals surface area contributed by atoms with E-state index in [1.807, 2.05) is 27.7 Å². The molecule has 1 unspecified atom stereocenters. The van der Waals surface area contributed by atoms with Gasteiger partial charge in [0, 0.05) is 27.2 Å². The second-order valence-electron chi connectivity index (χ2n) is 5.12. The summed E-state index contributed by atoms with van der Waals surface area (Å²) in [5.74, 6) is 0.257. The summed E-state index contributed by atoms with van der Waals surface area (Å²) >= 11 is 0. The number of amides is 1. The van der Waals surface area contributed by atoms with Crippen LogP contribution in [0, 0.1) is 5.92 Å². The zero-order valence-corrected chi connectivity index (χ0v) is 11.7. The number of carbonyl (C=O) groups is 1. The molecule has 1 N–H and O–H groups in total. The van der Waals surface area contributed by atoms with Crippen molar-refractivity contribution in [2.24, 2.45) is 5.92 Å². The zero-order chi connectivity index (χ0) is 13.5. The average Bonchev–Trinajstić information content (AvgIpc) is 2.20. The Hall–Kier alpha value is -0.810. The summed E-state index contributed by atoms with van der Waals surface area (Å²) in [6.07, 6.45) is 0.101. The van der Waals surface area contributed by atoms with E-state index >= 15 is 0 Å². The lowest BCUT2D eigenvalue weighted by Crippen LogP contribution is -2.35. The Morgan fingerprint density at radius 3 is 2.18 bits per heavy atom. The molecule has 0 aliphatic rings. The van der Waals surface area contributed by atoms with Crippen molar-refractivity contribution >= 4 is 6.09 Å². The van der Waals surface area contributed by atoms with Crippen LogP contribution in [0.4, 0.5) is 4.79 Å². The molecule has 1 atom stereocenters. The Labute approximate surface area is 104 Å². The van der Waals surface area contributed by atoms with Gasteiger partial charge in [-0.2, -0.15) is 0 Å². The number of methoxy groups -OCH3 is 2. The van der Waals surface area contributed by atoms with E-state index < -0.39 is 11.7 Å². The molecule has 0 radical (unpaired) electrons. The lowest BCUT2D eigenvalue weighted by atomic mass is 10.1. The van der Waals surface area contributed by atoms with E-state index in [4.69, 9.17) is 14.2 Å². The third-order valence-electron chi connectivity index (χ3n) is 2.11. The quantitative estimate of drug-likeness (QED) is 0.731. The summed E-state index contributed by atoms with van der Waals surface area (Å²) in [5, 5.41) is 2.72. The van der Waals surface area contributed by atoms with Crippen LogP contribution in [0.1, 0.15) is 34.1 Å². The van der Waals surface area contributed by atoms with Crippen LogP contribution in [-0.2, 0) is 14.2 Å². The highest BCUT2D eigenvalue weighted by molar-refractivity contribution is 5.67. The zero-order valence-electron chi connectivity index (χ0n) is 11.7. The van der Waals surface area contributed by atoms with Crippen molar-refractivity contribution < 1.29 is 19.0 Å². The Morgan fingerprint density at radius 2 is 1.76 bits per heavy atom. The Bertz CT molecular complexity index is 221. The van der Waals surface area contributed by atoms with Crippen molar-refractivity contribution in [1.82, 2.24) is 5.32 Å². The van der Waals surface area contributed by atoms with E-state index in [1.165, 1.54) is 0 Å². The minimum Gasteiger partial charge on any atom is -0.444 e. The molecule has 0 saturated carbocycles. The number of alkyl carbamates (subject to hydrolysis) is 1. The first kappa shape index (κ1) is 16.2. The molecule has 0 aromatic carbocycles. The Balaban J connectivity index is 3.84. The van der Waals surface area contributed by atoms with Crippen molar-refractivity contribution in [2.45, 2.75) is 46.0 Å². The summed E-state index contributed by atoms with van der Waals surface area (Å²) in [7, 11) is 3.20. The normalized spacial score (nSPS) is 13.6. The number of carbonyl (C=O) groups excluding carboxylic acids is 1. The summed E-state index contributed by atoms with van der Waals surface area (Å²) in [6, 6.07) is 0. The number of ether oxygens (including phenoxy) is 3. The van der Waals surface area contributed by atoms with E-state index in [2.05, 4.69) is 5.32 Å². The van der Waals surface area contributed by atoms with Gasteiger partial charge in [-0.3, -0.25) is 0 Å². The molecule has 0 heterocycles. The van der Waals surface area contributed by atoms with Crippen molar-refractivity contribution in [1.29, 1.82) is 0 Å². The highest BCUT2D eigenvalue weighted by Gasteiger charge is 2.17. The van der Waals surface area contributed by atoms with Crippen LogP contribution in [0.5, 0.6) is 0 Å². The van der Waals surface area contributed by atoms with Gasteiger partial charge >= 0.3 is 6.09 Å². The van der Waals surface area contributed by atoms with Gasteiger partial charge < -0.3 is 19.5 Å². The molecule has 0 fully saturated rings. The van der Waals surface area contributed by atoms with Crippen molar-refractivity contribution in [2.75, 3.05) is 20.8 Å². The molecule has 1 amide bonds. The van der Waals surface area contributed by atoms with Crippen LogP contribution >= 0.6 is 0 Å². The first-order chi connectivity index (χ1) is 7.78. The second-order valence-corrected chi connectivity index (χ2v) is 5.12. The van der Waals surface area contributed by atoms with Crippen LogP contribution in [0.15, 0.2) is 0 Å². The first-order valence-corrected chi connectivity index (χ1v) is 5.81. The molecule has 0 aliphatic carbocycles. The topological polar surface area (TPSA) is 56.8 Å². The molecule has 0 rings (SSSR count). The standard InChI is InChI=1S/C12H25NO4/c1-9(7-10(15-5)16-6)8-13-11(14)17-12(2,3)4/h9-10H,7-8H2,1-6H3,(H,13,14). The molecule has 5 heteroatoms. The maximum atomic E-state index is 11.4. The third kappa shape index (κ3) is 8.94. The SMILES string of the molecule is COC(CC(C)CNC(=O)OC(C)(C)C)OC. The summed E-state index contributed by atoms with van der Waals surface area (Å²) in [5.41, 5.74) is -0.463. The van der Waals surface area contributed by atoms with Gasteiger partial charge in [0.15, 0.2) is 6.29 Å². The molecule has 0 spiro atoms. The van der Waals surface area contributed by atoms with Crippen LogP contribution in [0.25, 0.3) is 0 Å². The fourth-order valence-corrected chi connectivity index (χ4v) is 1.27. The van der Waals surface area contributed by atoms with E-state index in [0.717, 1.165) is 6.42 Å². The highest BCUT2D eigenvalue weighted by Crippen LogP contribution is 2.09. The van der Waals surface area contributed by atoms with E-state index in [-0.39, 0.29) is 12.2 Å². The summed E-state index contributed by atoms with van der Waals surface area (Å²) in [6.45, 7) is 8.06. The van der Waals surface area contributed by atoms with Gasteiger partial charge in [0.25, 0.3) is 0 Å². The highest BCUT2D eigenvalue weighted by atomic mass is 16.7. The fourth-order valence-electron chi connectivity index (χ4n) is 1.27. The Kier molecular flexibility index (Phi) is 7.15. The molecule has 5 nitrogen and oxygen atoms in total. The molecule has 102 valence electrons. The van der Waals surface area contributed by atoms with E-state index in [9.17, 15) is 4.79 Å². The largest absolute Gasteiger partial charge is 0.444 e. The van der Waals surface area contributed by atoms with E-state index in [0.29, 0.717) is 6.54 Å². The molecule has 17 heavy (non-hydrogen) atoms. The molecular weight excluding hydrogens is 222 g/mol. The minimum absolute atomic E-state index is 0.231. The molecule has 0 aromatic rings. The van der Waals surface area contributed by atoms with Crippen LogP contribution < -0.4 is 5.32 Å².